The van der Waals surface area contributed by atoms with E-state index in [1.165, 1.54) is 16.3 Å². The van der Waals surface area contributed by atoms with Crippen LogP contribution in [0.2, 0.25) is 5.02 Å². The molecule has 0 saturated heterocycles. The summed E-state index contributed by atoms with van der Waals surface area (Å²) >= 11 is 6.13. The molecule has 0 spiro atoms. The number of nitrogens with zero attached hydrogens (tertiary/aromatic N) is 4. The van der Waals surface area contributed by atoms with Crippen molar-refractivity contribution in [2.75, 3.05) is 5.32 Å². The van der Waals surface area contributed by atoms with Crippen LogP contribution < -0.4 is 5.32 Å². The van der Waals surface area contributed by atoms with Crippen LogP contribution in [0, 0.1) is 13.8 Å². The van der Waals surface area contributed by atoms with E-state index in [9.17, 15) is 4.79 Å². The number of halogens is 1. The number of benzene rings is 2. The quantitative estimate of drug-likeness (QED) is 0.553. The van der Waals surface area contributed by atoms with E-state index in [2.05, 4.69) is 39.8 Å². The van der Waals surface area contributed by atoms with Crippen LogP contribution >= 0.6 is 11.6 Å². The van der Waals surface area contributed by atoms with Crippen molar-refractivity contribution < 1.29 is 4.79 Å². The highest BCUT2D eigenvalue weighted by Gasteiger charge is 2.13. The Morgan fingerprint density at radius 1 is 1.07 bits per heavy atom. The Balaban J connectivity index is 1.45. The summed E-state index contributed by atoms with van der Waals surface area (Å²) in [6.45, 7) is 4.38. The lowest BCUT2D eigenvalue weighted by Gasteiger charge is -2.07. The van der Waals surface area contributed by atoms with Gasteiger partial charge < -0.3 is 5.32 Å². The molecule has 0 aliphatic carbocycles. The third kappa shape index (κ3) is 3.64. The molecule has 0 saturated carbocycles. The van der Waals surface area contributed by atoms with Crippen LogP contribution in [0.4, 0.5) is 5.82 Å². The molecule has 4 rings (SSSR count). The van der Waals surface area contributed by atoms with Gasteiger partial charge in [0.25, 0.3) is 0 Å². The van der Waals surface area contributed by atoms with Gasteiger partial charge in [-0.1, -0.05) is 54.1 Å². The summed E-state index contributed by atoms with van der Waals surface area (Å²) < 4.78 is 3.41. The second-order valence-electron chi connectivity index (χ2n) is 6.73. The zero-order valence-electron chi connectivity index (χ0n) is 15.7. The highest BCUT2D eigenvalue weighted by Crippen LogP contribution is 2.20. The highest BCUT2D eigenvalue weighted by molar-refractivity contribution is 6.31. The maximum Gasteiger partial charge on any atom is 0.247 e. The molecule has 4 aromatic rings. The van der Waals surface area contributed by atoms with Crippen molar-refractivity contribution in [3.05, 3.63) is 76.7 Å². The summed E-state index contributed by atoms with van der Waals surface area (Å²) in [5.74, 6) is 0.315. The van der Waals surface area contributed by atoms with E-state index in [1.807, 2.05) is 42.9 Å². The predicted molar refractivity (Wildman–Crippen MR) is 111 cm³/mol. The summed E-state index contributed by atoms with van der Waals surface area (Å²) in [4.78, 5) is 12.3. The molecule has 2 heterocycles. The third-order valence-electron chi connectivity index (χ3n) is 4.71. The van der Waals surface area contributed by atoms with E-state index in [1.54, 1.807) is 10.7 Å². The van der Waals surface area contributed by atoms with Crippen LogP contribution in [0.5, 0.6) is 0 Å². The lowest BCUT2D eigenvalue weighted by Crippen LogP contribution is -2.20. The van der Waals surface area contributed by atoms with Crippen LogP contribution in [-0.2, 0) is 17.9 Å². The molecule has 2 aromatic heterocycles. The van der Waals surface area contributed by atoms with Crippen molar-refractivity contribution >= 4 is 34.1 Å². The van der Waals surface area contributed by atoms with E-state index in [0.717, 1.165) is 5.69 Å². The van der Waals surface area contributed by atoms with Gasteiger partial charge in [-0.25, -0.2) is 0 Å². The van der Waals surface area contributed by atoms with E-state index in [4.69, 9.17) is 11.6 Å². The standard InChI is InChI=1S/C21H20ClN5O/c1-14-21(22)15(2)27(24-14)13-20(28)23-19-10-11-26(25-19)12-17-8-5-7-16-6-3-4-9-18(16)17/h3-11H,12-13H2,1-2H3,(H,23,25,28). The van der Waals surface area contributed by atoms with Crippen molar-refractivity contribution in [1.82, 2.24) is 19.6 Å². The molecule has 0 atom stereocenters. The Bertz CT molecular complexity index is 1160. The van der Waals surface area contributed by atoms with Gasteiger partial charge in [0.05, 0.1) is 23.0 Å². The molecule has 6 nitrogen and oxygen atoms in total. The van der Waals surface area contributed by atoms with E-state index < -0.39 is 0 Å². The average molecular weight is 394 g/mol. The Labute approximate surface area is 167 Å². The molecule has 0 bridgehead atoms. The van der Waals surface area contributed by atoms with Gasteiger partial charge in [-0.15, -0.1) is 0 Å². The molecular formula is C21H20ClN5O. The number of aryl methyl sites for hydroxylation is 1. The normalized spacial score (nSPS) is 11.1. The maximum atomic E-state index is 12.3. The van der Waals surface area contributed by atoms with Crippen LogP contribution in [0.1, 0.15) is 17.0 Å². The van der Waals surface area contributed by atoms with Crippen molar-refractivity contribution in [1.29, 1.82) is 0 Å². The monoisotopic (exact) mass is 393 g/mol. The van der Waals surface area contributed by atoms with Gasteiger partial charge in [0, 0.05) is 12.3 Å². The lowest BCUT2D eigenvalue weighted by molar-refractivity contribution is -0.117. The molecule has 142 valence electrons. The number of anilines is 1. The SMILES string of the molecule is Cc1nn(CC(=O)Nc2ccn(Cc3cccc4ccccc34)n2)c(C)c1Cl. The Morgan fingerprint density at radius 3 is 2.64 bits per heavy atom. The molecule has 0 radical (unpaired) electrons. The Hall–Kier alpha value is -3.12. The minimum Gasteiger partial charge on any atom is -0.308 e. The van der Waals surface area contributed by atoms with Gasteiger partial charge >= 0.3 is 0 Å². The molecule has 1 N–H and O–H groups in total. The predicted octanol–water partition coefficient (Wildman–Crippen LogP) is 4.19. The van der Waals surface area contributed by atoms with Crippen molar-refractivity contribution in [3.8, 4) is 0 Å². The fraction of sp³-hybridized carbons (Fsp3) is 0.190. The first-order chi connectivity index (χ1) is 13.5. The first kappa shape index (κ1) is 18.3. The average Bonchev–Trinajstić information content (AvgIpc) is 3.22. The summed E-state index contributed by atoms with van der Waals surface area (Å²) in [5, 5.41) is 14.6. The van der Waals surface area contributed by atoms with Gasteiger partial charge in [0.15, 0.2) is 5.82 Å². The second-order valence-corrected chi connectivity index (χ2v) is 7.11. The molecule has 1 amide bonds. The van der Waals surface area contributed by atoms with Gasteiger partial charge in [-0.3, -0.25) is 14.2 Å². The fourth-order valence-corrected chi connectivity index (χ4v) is 3.40. The summed E-state index contributed by atoms with van der Waals surface area (Å²) in [6.07, 6.45) is 1.86. The Morgan fingerprint density at radius 2 is 1.86 bits per heavy atom. The lowest BCUT2D eigenvalue weighted by atomic mass is 10.0. The number of carbonyl (C=O) groups is 1. The van der Waals surface area contributed by atoms with Gasteiger partial charge in [-0.2, -0.15) is 10.2 Å². The number of amides is 1. The van der Waals surface area contributed by atoms with Gasteiger partial charge in [0.2, 0.25) is 5.91 Å². The second kappa shape index (κ2) is 7.48. The van der Waals surface area contributed by atoms with E-state index >= 15 is 0 Å². The van der Waals surface area contributed by atoms with Crippen molar-refractivity contribution in [2.24, 2.45) is 0 Å². The topological polar surface area (TPSA) is 64.7 Å². The molecular weight excluding hydrogens is 374 g/mol. The fourth-order valence-electron chi connectivity index (χ4n) is 3.27. The minimum atomic E-state index is -0.197. The summed E-state index contributed by atoms with van der Waals surface area (Å²) in [5.41, 5.74) is 2.67. The van der Waals surface area contributed by atoms with Crippen molar-refractivity contribution in [2.45, 2.75) is 26.9 Å². The zero-order valence-corrected chi connectivity index (χ0v) is 16.4. The van der Waals surface area contributed by atoms with Crippen LogP contribution in [0.3, 0.4) is 0 Å². The molecule has 0 fully saturated rings. The van der Waals surface area contributed by atoms with Gasteiger partial charge in [-0.05, 0) is 30.2 Å². The molecule has 2 aromatic carbocycles. The molecule has 7 heteroatoms. The molecule has 28 heavy (non-hydrogen) atoms. The highest BCUT2D eigenvalue weighted by atomic mass is 35.5. The van der Waals surface area contributed by atoms with Crippen molar-refractivity contribution in [3.63, 3.8) is 0 Å². The van der Waals surface area contributed by atoms with Gasteiger partial charge in [0.1, 0.15) is 6.54 Å². The molecule has 0 aliphatic rings. The number of carbonyl (C=O) groups excluding carboxylic acids is 1. The van der Waals surface area contributed by atoms with E-state index in [0.29, 0.717) is 23.1 Å². The summed E-state index contributed by atoms with van der Waals surface area (Å²) in [6, 6.07) is 16.3. The number of aromatic nitrogens is 4. The maximum absolute atomic E-state index is 12.3. The number of fused-ring (bicyclic) bond motifs is 1. The molecule has 0 unspecified atom stereocenters. The Kier molecular flexibility index (Phi) is 4.88. The number of hydrogen-bond acceptors (Lipinski definition) is 3. The number of nitrogens with one attached hydrogen (secondary N) is 1. The van der Waals surface area contributed by atoms with Crippen LogP contribution in [0.15, 0.2) is 54.7 Å². The zero-order chi connectivity index (χ0) is 19.7. The molecule has 0 aliphatic heterocycles. The minimum absolute atomic E-state index is 0.0928. The first-order valence-corrected chi connectivity index (χ1v) is 9.38. The smallest absolute Gasteiger partial charge is 0.247 e. The largest absolute Gasteiger partial charge is 0.308 e. The van der Waals surface area contributed by atoms with Crippen LogP contribution in [-0.4, -0.2) is 25.5 Å². The number of hydrogen-bond donors (Lipinski definition) is 1. The first-order valence-electron chi connectivity index (χ1n) is 9.01. The summed E-state index contributed by atoms with van der Waals surface area (Å²) in [7, 11) is 0. The third-order valence-corrected chi connectivity index (χ3v) is 5.25. The van der Waals surface area contributed by atoms with E-state index in [-0.39, 0.29) is 12.5 Å². The number of rotatable bonds is 5. The van der Waals surface area contributed by atoms with Crippen LogP contribution in [0.25, 0.3) is 10.8 Å².